The van der Waals surface area contributed by atoms with Crippen LogP contribution in [-0.4, -0.2) is 22.7 Å². The predicted molar refractivity (Wildman–Crippen MR) is 93.5 cm³/mol. The molecule has 25 heavy (non-hydrogen) atoms. The molecule has 0 saturated heterocycles. The molecule has 0 unspecified atom stereocenters. The summed E-state index contributed by atoms with van der Waals surface area (Å²) in [6.45, 7) is 4.41. The van der Waals surface area contributed by atoms with E-state index in [2.05, 4.69) is 10.1 Å². The number of carbonyl (C=O) groups is 1. The van der Waals surface area contributed by atoms with Gasteiger partial charge in [-0.3, -0.25) is 4.79 Å². The highest BCUT2D eigenvalue weighted by Crippen LogP contribution is 2.32. The highest BCUT2D eigenvalue weighted by molar-refractivity contribution is 7.13. The van der Waals surface area contributed by atoms with Crippen LogP contribution in [0.25, 0.3) is 10.6 Å². The minimum atomic E-state index is -0.351. The van der Waals surface area contributed by atoms with Crippen molar-refractivity contribution < 1.29 is 18.8 Å². The molecule has 6 nitrogen and oxygen atoms in total. The van der Waals surface area contributed by atoms with E-state index >= 15 is 0 Å². The largest absolute Gasteiger partial charge is 0.493 e. The predicted octanol–water partition coefficient (Wildman–Crippen LogP) is 3.79. The van der Waals surface area contributed by atoms with Crippen molar-refractivity contribution >= 4 is 17.3 Å². The van der Waals surface area contributed by atoms with Gasteiger partial charge in [-0.2, -0.15) is 0 Å². The van der Waals surface area contributed by atoms with Gasteiger partial charge in [0.1, 0.15) is 28.8 Å². The number of hydrogen-bond acceptors (Lipinski definition) is 7. The first-order valence-corrected chi connectivity index (χ1v) is 8.78. The molecule has 0 aliphatic rings. The van der Waals surface area contributed by atoms with Crippen LogP contribution in [0.4, 0.5) is 0 Å². The fraction of sp³-hybridized carbons (Fsp3) is 0.278. The molecule has 7 heteroatoms. The topological polar surface area (TPSA) is 74.5 Å². The standard InChI is InChI=1S/C18H18N2O4S/c1-3-22-16-7-5-4-6-15(16)18-19-14(11-25-18)9-17(21)23-10-13-8-12(2)24-20-13/h4-8,11H,3,9-10H2,1-2H3. The van der Waals surface area contributed by atoms with Crippen molar-refractivity contribution in [3.05, 3.63) is 52.9 Å². The summed E-state index contributed by atoms with van der Waals surface area (Å²) in [5.41, 5.74) is 2.19. The molecule has 3 rings (SSSR count). The quantitative estimate of drug-likeness (QED) is 0.598. The molecule has 0 amide bonds. The van der Waals surface area contributed by atoms with E-state index in [1.807, 2.05) is 36.6 Å². The van der Waals surface area contributed by atoms with Crippen LogP contribution in [0.2, 0.25) is 0 Å². The van der Waals surface area contributed by atoms with E-state index in [-0.39, 0.29) is 19.0 Å². The summed E-state index contributed by atoms with van der Waals surface area (Å²) in [5.74, 6) is 1.12. The van der Waals surface area contributed by atoms with Gasteiger partial charge in [-0.05, 0) is 26.0 Å². The Labute approximate surface area is 149 Å². The summed E-state index contributed by atoms with van der Waals surface area (Å²) in [4.78, 5) is 16.5. The Kier molecular flexibility index (Phi) is 5.45. The zero-order valence-electron chi connectivity index (χ0n) is 14.0. The van der Waals surface area contributed by atoms with E-state index < -0.39 is 0 Å². The van der Waals surface area contributed by atoms with Crippen LogP contribution < -0.4 is 4.74 Å². The van der Waals surface area contributed by atoms with Gasteiger partial charge in [0, 0.05) is 11.4 Å². The van der Waals surface area contributed by atoms with Gasteiger partial charge in [0.2, 0.25) is 0 Å². The molecule has 0 bridgehead atoms. The Bertz CT molecular complexity index is 856. The molecule has 0 radical (unpaired) electrons. The van der Waals surface area contributed by atoms with Crippen LogP contribution in [0.5, 0.6) is 5.75 Å². The second-order valence-corrected chi connectivity index (χ2v) is 6.20. The van der Waals surface area contributed by atoms with Crippen LogP contribution >= 0.6 is 11.3 Å². The van der Waals surface area contributed by atoms with Crippen molar-refractivity contribution in [3.8, 4) is 16.3 Å². The normalized spacial score (nSPS) is 10.6. The number of benzene rings is 1. The lowest BCUT2D eigenvalue weighted by Gasteiger charge is -2.07. The fourth-order valence-corrected chi connectivity index (χ4v) is 3.13. The first kappa shape index (κ1) is 17.2. The maximum Gasteiger partial charge on any atom is 0.312 e. The number of aromatic nitrogens is 2. The maximum atomic E-state index is 12.0. The minimum absolute atomic E-state index is 0.0976. The summed E-state index contributed by atoms with van der Waals surface area (Å²) in [6, 6.07) is 9.46. The van der Waals surface area contributed by atoms with Gasteiger partial charge in [0.25, 0.3) is 0 Å². The lowest BCUT2D eigenvalue weighted by Crippen LogP contribution is -2.08. The Morgan fingerprint density at radius 3 is 2.88 bits per heavy atom. The van der Waals surface area contributed by atoms with Gasteiger partial charge in [-0.15, -0.1) is 11.3 Å². The highest BCUT2D eigenvalue weighted by atomic mass is 32.1. The van der Waals surface area contributed by atoms with Crippen molar-refractivity contribution in [3.63, 3.8) is 0 Å². The van der Waals surface area contributed by atoms with E-state index in [0.717, 1.165) is 16.3 Å². The first-order chi connectivity index (χ1) is 12.2. The molecule has 0 spiro atoms. The molecule has 130 valence electrons. The van der Waals surface area contributed by atoms with Crippen molar-refractivity contribution in [1.29, 1.82) is 0 Å². The third-order valence-corrected chi connectivity index (χ3v) is 4.28. The third-order valence-electron chi connectivity index (χ3n) is 3.35. The van der Waals surface area contributed by atoms with Gasteiger partial charge in [0.15, 0.2) is 0 Å². The molecule has 3 aromatic rings. The summed E-state index contributed by atoms with van der Waals surface area (Å²) in [5, 5.41) is 6.47. The number of ether oxygens (including phenoxy) is 2. The summed E-state index contributed by atoms with van der Waals surface area (Å²) < 4.78 is 15.8. The lowest BCUT2D eigenvalue weighted by atomic mass is 10.2. The van der Waals surface area contributed by atoms with Crippen LogP contribution in [0.1, 0.15) is 24.1 Å². The summed E-state index contributed by atoms with van der Waals surface area (Å²) >= 11 is 1.48. The molecule has 2 aromatic heterocycles. The third kappa shape index (κ3) is 4.45. The van der Waals surface area contributed by atoms with Gasteiger partial charge in [0.05, 0.1) is 24.3 Å². The zero-order valence-corrected chi connectivity index (χ0v) is 14.8. The van der Waals surface area contributed by atoms with E-state index in [1.165, 1.54) is 11.3 Å². The van der Waals surface area contributed by atoms with Gasteiger partial charge in [-0.1, -0.05) is 17.3 Å². The molecule has 2 heterocycles. The second-order valence-electron chi connectivity index (χ2n) is 5.34. The number of hydrogen-bond donors (Lipinski definition) is 0. The Hall–Kier alpha value is -2.67. The van der Waals surface area contributed by atoms with Crippen LogP contribution in [0.3, 0.4) is 0 Å². The SMILES string of the molecule is CCOc1ccccc1-c1nc(CC(=O)OCc2cc(C)on2)cs1. The molecule has 0 fully saturated rings. The molecular formula is C18H18N2O4S. The summed E-state index contributed by atoms with van der Waals surface area (Å²) in [6.07, 6.45) is 0.115. The Morgan fingerprint density at radius 2 is 2.12 bits per heavy atom. The van der Waals surface area contributed by atoms with Crippen molar-refractivity contribution in [2.75, 3.05) is 6.61 Å². The molecule has 0 N–H and O–H groups in total. The number of para-hydroxylation sites is 1. The highest BCUT2D eigenvalue weighted by Gasteiger charge is 2.13. The number of aryl methyl sites for hydroxylation is 1. The van der Waals surface area contributed by atoms with Crippen molar-refractivity contribution in [2.24, 2.45) is 0 Å². The van der Waals surface area contributed by atoms with Crippen LogP contribution in [0, 0.1) is 6.92 Å². The minimum Gasteiger partial charge on any atom is -0.493 e. The first-order valence-electron chi connectivity index (χ1n) is 7.90. The van der Waals surface area contributed by atoms with Crippen LogP contribution in [0.15, 0.2) is 40.2 Å². The van der Waals surface area contributed by atoms with E-state index in [4.69, 9.17) is 14.0 Å². The average molecular weight is 358 g/mol. The molecule has 0 aliphatic carbocycles. The van der Waals surface area contributed by atoms with Gasteiger partial charge < -0.3 is 14.0 Å². The van der Waals surface area contributed by atoms with E-state index in [9.17, 15) is 4.79 Å². The molecular weight excluding hydrogens is 340 g/mol. The van der Waals surface area contributed by atoms with Crippen molar-refractivity contribution in [2.45, 2.75) is 26.9 Å². The smallest absolute Gasteiger partial charge is 0.312 e. The maximum absolute atomic E-state index is 12.0. The lowest BCUT2D eigenvalue weighted by molar-refractivity contribution is -0.144. The fourth-order valence-electron chi connectivity index (χ4n) is 2.28. The number of rotatable bonds is 7. The number of esters is 1. The molecule has 0 saturated carbocycles. The number of thiazole rings is 1. The number of nitrogens with zero attached hydrogens (tertiary/aromatic N) is 2. The molecule has 1 aromatic carbocycles. The summed E-state index contributed by atoms with van der Waals surface area (Å²) in [7, 11) is 0. The molecule has 0 atom stereocenters. The average Bonchev–Trinajstić information content (AvgIpc) is 3.23. The van der Waals surface area contributed by atoms with E-state index in [1.54, 1.807) is 13.0 Å². The monoisotopic (exact) mass is 358 g/mol. The van der Waals surface area contributed by atoms with Crippen LogP contribution in [-0.2, 0) is 22.6 Å². The second kappa shape index (κ2) is 7.94. The van der Waals surface area contributed by atoms with Gasteiger partial charge in [-0.25, -0.2) is 4.98 Å². The Morgan fingerprint density at radius 1 is 1.28 bits per heavy atom. The van der Waals surface area contributed by atoms with Crippen molar-refractivity contribution in [1.82, 2.24) is 10.1 Å². The van der Waals surface area contributed by atoms with Gasteiger partial charge >= 0.3 is 5.97 Å². The number of carbonyl (C=O) groups excluding carboxylic acids is 1. The molecule has 0 aliphatic heterocycles. The Balaban J connectivity index is 1.62. The zero-order chi connectivity index (χ0) is 17.6. The van der Waals surface area contributed by atoms with E-state index in [0.29, 0.717) is 23.8 Å².